The van der Waals surface area contributed by atoms with Gasteiger partial charge in [-0.2, -0.15) is 0 Å². The van der Waals surface area contributed by atoms with E-state index in [9.17, 15) is 9.59 Å². The first-order chi connectivity index (χ1) is 13.0. The molecule has 4 rings (SSSR count). The van der Waals surface area contributed by atoms with E-state index >= 15 is 0 Å². The molecule has 140 valence electrons. The average Bonchev–Trinajstić information content (AvgIpc) is 3.32. The third kappa shape index (κ3) is 3.59. The van der Waals surface area contributed by atoms with Crippen LogP contribution in [0.25, 0.3) is 11.1 Å². The van der Waals surface area contributed by atoms with Gasteiger partial charge in [-0.05, 0) is 54.0 Å². The van der Waals surface area contributed by atoms with Crippen LogP contribution in [0, 0.1) is 11.3 Å². The van der Waals surface area contributed by atoms with Crippen molar-refractivity contribution in [1.82, 2.24) is 15.6 Å². The summed E-state index contributed by atoms with van der Waals surface area (Å²) < 4.78 is 0. The zero-order valence-corrected chi connectivity index (χ0v) is 15.7. The van der Waals surface area contributed by atoms with Crippen molar-refractivity contribution in [3.63, 3.8) is 0 Å². The van der Waals surface area contributed by atoms with Crippen molar-refractivity contribution in [1.29, 1.82) is 0 Å². The van der Waals surface area contributed by atoms with E-state index in [4.69, 9.17) is 0 Å². The van der Waals surface area contributed by atoms with E-state index in [1.54, 1.807) is 12.4 Å². The van der Waals surface area contributed by atoms with Crippen LogP contribution >= 0.6 is 0 Å². The molecule has 0 spiro atoms. The van der Waals surface area contributed by atoms with Crippen LogP contribution in [0.4, 0.5) is 0 Å². The van der Waals surface area contributed by atoms with E-state index in [1.165, 1.54) is 0 Å². The second-order valence-corrected chi connectivity index (χ2v) is 8.30. The van der Waals surface area contributed by atoms with E-state index in [0.717, 1.165) is 30.4 Å². The summed E-state index contributed by atoms with van der Waals surface area (Å²) in [6.45, 7) is 4.24. The highest BCUT2D eigenvalue weighted by Gasteiger charge is 2.51. The molecule has 3 atom stereocenters. The molecule has 2 amide bonds. The first-order valence-electron chi connectivity index (χ1n) is 9.56. The molecule has 27 heavy (non-hydrogen) atoms. The summed E-state index contributed by atoms with van der Waals surface area (Å²) in [6, 6.07) is 11.4. The molecule has 0 radical (unpaired) electrons. The number of pyridine rings is 1. The van der Waals surface area contributed by atoms with Gasteiger partial charge in [0.25, 0.3) is 5.91 Å². The quantitative estimate of drug-likeness (QED) is 0.857. The summed E-state index contributed by atoms with van der Waals surface area (Å²) in [7, 11) is 0. The number of nitrogens with one attached hydrogen (secondary N) is 2. The predicted molar refractivity (Wildman–Crippen MR) is 104 cm³/mol. The van der Waals surface area contributed by atoms with Gasteiger partial charge in [-0.3, -0.25) is 14.6 Å². The van der Waals surface area contributed by atoms with Crippen LogP contribution in [0.5, 0.6) is 0 Å². The summed E-state index contributed by atoms with van der Waals surface area (Å²) in [5, 5.41) is 6.23. The monoisotopic (exact) mass is 363 g/mol. The van der Waals surface area contributed by atoms with Crippen LogP contribution in [0.15, 0.2) is 48.8 Å². The minimum atomic E-state index is -0.0990. The van der Waals surface area contributed by atoms with Crippen LogP contribution in [-0.2, 0) is 4.79 Å². The molecular weight excluding hydrogens is 338 g/mol. The van der Waals surface area contributed by atoms with Crippen molar-refractivity contribution in [2.24, 2.45) is 11.3 Å². The fourth-order valence-electron chi connectivity index (χ4n) is 3.75. The number of benzene rings is 1. The number of rotatable bonds is 5. The van der Waals surface area contributed by atoms with Gasteiger partial charge in [0.05, 0.1) is 0 Å². The Morgan fingerprint density at radius 3 is 2.26 bits per heavy atom. The number of nitrogens with zero attached hydrogens (tertiary/aromatic N) is 1. The topological polar surface area (TPSA) is 71.1 Å². The Balaban J connectivity index is 1.42. The molecule has 0 bridgehead atoms. The zero-order chi connectivity index (χ0) is 19.0. The fraction of sp³-hybridized carbons (Fsp3) is 0.409. The molecule has 1 aromatic carbocycles. The van der Waals surface area contributed by atoms with Gasteiger partial charge in [0.15, 0.2) is 0 Å². The number of hydrogen-bond acceptors (Lipinski definition) is 3. The number of carbonyl (C=O) groups is 2. The Morgan fingerprint density at radius 2 is 1.63 bits per heavy atom. The molecule has 2 N–H and O–H groups in total. The number of hydrogen-bond donors (Lipinski definition) is 2. The molecule has 1 aromatic heterocycles. The third-order valence-electron chi connectivity index (χ3n) is 5.91. The van der Waals surface area contributed by atoms with Crippen molar-refractivity contribution < 1.29 is 9.59 Å². The van der Waals surface area contributed by atoms with Gasteiger partial charge in [0.1, 0.15) is 0 Å². The largest absolute Gasteiger partial charge is 0.351 e. The lowest BCUT2D eigenvalue weighted by molar-refractivity contribution is -0.124. The van der Waals surface area contributed by atoms with Crippen molar-refractivity contribution in [2.75, 3.05) is 0 Å². The van der Waals surface area contributed by atoms with Gasteiger partial charge in [0, 0.05) is 36.0 Å². The summed E-state index contributed by atoms with van der Waals surface area (Å²) in [5.41, 5.74) is 2.61. The van der Waals surface area contributed by atoms with Gasteiger partial charge in [-0.1, -0.05) is 32.0 Å². The molecule has 5 heteroatoms. The summed E-state index contributed by atoms with van der Waals surface area (Å²) in [4.78, 5) is 29.3. The Bertz CT molecular complexity index is 863. The van der Waals surface area contributed by atoms with Gasteiger partial charge >= 0.3 is 0 Å². The summed E-state index contributed by atoms with van der Waals surface area (Å²) >= 11 is 0. The van der Waals surface area contributed by atoms with E-state index in [1.807, 2.05) is 36.4 Å². The maximum Gasteiger partial charge on any atom is 0.252 e. The van der Waals surface area contributed by atoms with E-state index < -0.39 is 0 Å². The van der Waals surface area contributed by atoms with Crippen molar-refractivity contribution >= 4 is 11.8 Å². The SMILES string of the molecule is CC1(C)CC1C(=O)N[C@@H]1CC[C@H]1NC(=O)c1ccccc1-c1ccncc1. The predicted octanol–water partition coefficient (Wildman–Crippen LogP) is 3.17. The molecule has 2 aromatic rings. The van der Waals surface area contributed by atoms with Gasteiger partial charge in [-0.25, -0.2) is 0 Å². The Kier molecular flexibility index (Phi) is 4.46. The highest BCUT2D eigenvalue weighted by atomic mass is 16.2. The molecule has 2 saturated carbocycles. The molecule has 2 fully saturated rings. The van der Waals surface area contributed by atoms with Crippen LogP contribution in [0.3, 0.4) is 0 Å². The Hall–Kier alpha value is -2.69. The van der Waals surface area contributed by atoms with Crippen molar-refractivity contribution in [3.05, 3.63) is 54.4 Å². The maximum absolute atomic E-state index is 12.9. The fourth-order valence-corrected chi connectivity index (χ4v) is 3.75. The van der Waals surface area contributed by atoms with E-state index in [0.29, 0.717) is 5.56 Å². The molecule has 5 nitrogen and oxygen atoms in total. The molecular formula is C22H25N3O2. The molecule has 0 saturated heterocycles. The summed E-state index contributed by atoms with van der Waals surface area (Å²) in [5.74, 6) is 0.140. The first-order valence-corrected chi connectivity index (χ1v) is 9.56. The Labute approximate surface area is 159 Å². The average molecular weight is 363 g/mol. The van der Waals surface area contributed by atoms with Gasteiger partial charge in [-0.15, -0.1) is 0 Å². The van der Waals surface area contributed by atoms with Crippen molar-refractivity contribution in [2.45, 2.75) is 45.2 Å². The standard InChI is InChI=1S/C22H25N3O2/c1-22(2)13-17(22)21(27)25-19-8-7-18(19)24-20(26)16-6-4-3-5-15(16)14-9-11-23-12-10-14/h3-6,9-12,17-19H,7-8,13H2,1-2H3,(H,24,26)(H,25,27)/t17?,18-,19-/m1/s1. The minimum Gasteiger partial charge on any atom is -0.351 e. The number of amides is 2. The highest BCUT2D eigenvalue weighted by Crippen LogP contribution is 2.51. The van der Waals surface area contributed by atoms with Crippen LogP contribution in [0.1, 0.15) is 43.5 Å². The lowest BCUT2D eigenvalue weighted by atomic mass is 9.85. The highest BCUT2D eigenvalue weighted by molar-refractivity contribution is 6.01. The lowest BCUT2D eigenvalue weighted by Gasteiger charge is -2.38. The van der Waals surface area contributed by atoms with E-state index in [-0.39, 0.29) is 35.2 Å². The van der Waals surface area contributed by atoms with Gasteiger partial charge < -0.3 is 10.6 Å². The maximum atomic E-state index is 12.9. The van der Waals surface area contributed by atoms with Crippen LogP contribution < -0.4 is 10.6 Å². The number of aromatic nitrogens is 1. The normalized spacial score (nSPS) is 25.2. The minimum absolute atomic E-state index is 0.00573. The molecule has 2 aliphatic rings. The zero-order valence-electron chi connectivity index (χ0n) is 15.7. The van der Waals surface area contributed by atoms with Crippen LogP contribution in [0.2, 0.25) is 0 Å². The van der Waals surface area contributed by atoms with Gasteiger partial charge in [0.2, 0.25) is 5.91 Å². The molecule has 1 unspecified atom stereocenters. The second kappa shape index (κ2) is 6.80. The molecule has 1 heterocycles. The molecule has 2 aliphatic carbocycles. The van der Waals surface area contributed by atoms with Crippen LogP contribution in [-0.4, -0.2) is 28.9 Å². The first kappa shape index (κ1) is 17.7. The lowest BCUT2D eigenvalue weighted by Crippen LogP contribution is -2.58. The second-order valence-electron chi connectivity index (χ2n) is 8.30. The smallest absolute Gasteiger partial charge is 0.252 e. The third-order valence-corrected chi connectivity index (χ3v) is 5.91. The van der Waals surface area contributed by atoms with Crippen molar-refractivity contribution in [3.8, 4) is 11.1 Å². The Morgan fingerprint density at radius 1 is 1.00 bits per heavy atom. The van der Waals surface area contributed by atoms with E-state index in [2.05, 4.69) is 29.5 Å². The summed E-state index contributed by atoms with van der Waals surface area (Å²) in [6.07, 6.45) is 6.20. The molecule has 0 aliphatic heterocycles. The number of carbonyl (C=O) groups excluding carboxylic acids is 2.